The summed E-state index contributed by atoms with van der Waals surface area (Å²) >= 11 is 3.00. The number of nitrogens with one attached hydrogen (secondary N) is 1. The summed E-state index contributed by atoms with van der Waals surface area (Å²) in [5.41, 5.74) is -0.778. The van der Waals surface area contributed by atoms with Gasteiger partial charge in [0.15, 0.2) is 0 Å². The smallest absolute Gasteiger partial charge is 0.252 e. The topological polar surface area (TPSA) is 49.3 Å². The molecule has 0 aromatic heterocycles. The van der Waals surface area contributed by atoms with Crippen LogP contribution in [-0.2, 0) is 0 Å². The Hall–Kier alpha value is -0.940. The van der Waals surface area contributed by atoms with E-state index in [1.165, 1.54) is 18.2 Å². The molecule has 1 aromatic carbocycles. The Balaban J connectivity index is 2.78. The minimum atomic E-state index is -0.991. The highest BCUT2D eigenvalue weighted by atomic mass is 79.9. The van der Waals surface area contributed by atoms with E-state index in [4.69, 9.17) is 0 Å². The number of halogens is 2. The average molecular weight is 290 g/mol. The third-order valence-electron chi connectivity index (χ3n) is 1.88. The lowest BCUT2D eigenvalue weighted by atomic mass is 10.1. The van der Waals surface area contributed by atoms with Crippen LogP contribution >= 0.6 is 15.9 Å². The van der Waals surface area contributed by atoms with Crippen molar-refractivity contribution in [1.29, 1.82) is 0 Å². The molecule has 0 radical (unpaired) electrons. The van der Waals surface area contributed by atoms with Gasteiger partial charge in [-0.15, -0.1) is 0 Å². The molecule has 0 bridgehead atoms. The van der Waals surface area contributed by atoms with Crippen LogP contribution in [0.2, 0.25) is 0 Å². The number of hydrogen-bond acceptors (Lipinski definition) is 2. The maximum atomic E-state index is 13.1. The van der Waals surface area contributed by atoms with Gasteiger partial charge in [-0.05, 0) is 41.9 Å². The first-order valence-electron chi connectivity index (χ1n) is 4.76. The van der Waals surface area contributed by atoms with Crippen LogP contribution in [0.1, 0.15) is 24.2 Å². The standard InChI is InChI=1S/C11H13BrFNO2/c1-11(2,16)6-14-10(15)7-4-3-5-8(13)9(7)12/h3-5,16H,6H2,1-2H3,(H,14,15). The third kappa shape index (κ3) is 3.57. The summed E-state index contributed by atoms with van der Waals surface area (Å²) in [6, 6.07) is 4.23. The predicted molar refractivity (Wildman–Crippen MR) is 62.7 cm³/mol. The zero-order valence-corrected chi connectivity index (χ0v) is 10.6. The van der Waals surface area contributed by atoms with E-state index in [1.54, 1.807) is 13.8 Å². The van der Waals surface area contributed by atoms with Gasteiger partial charge in [0.05, 0.1) is 15.6 Å². The van der Waals surface area contributed by atoms with Gasteiger partial charge in [0.25, 0.3) is 5.91 Å². The highest BCUT2D eigenvalue weighted by Gasteiger charge is 2.17. The minimum Gasteiger partial charge on any atom is -0.389 e. The summed E-state index contributed by atoms with van der Waals surface area (Å²) < 4.78 is 13.3. The van der Waals surface area contributed by atoms with E-state index in [2.05, 4.69) is 21.2 Å². The molecule has 0 heterocycles. The van der Waals surface area contributed by atoms with Gasteiger partial charge < -0.3 is 10.4 Å². The summed E-state index contributed by atoms with van der Waals surface area (Å²) in [6.45, 7) is 3.26. The van der Waals surface area contributed by atoms with E-state index in [0.29, 0.717) is 0 Å². The summed E-state index contributed by atoms with van der Waals surface area (Å²) in [4.78, 5) is 11.6. The molecule has 0 saturated carbocycles. The first-order chi connectivity index (χ1) is 7.31. The normalized spacial score (nSPS) is 11.3. The van der Waals surface area contributed by atoms with E-state index in [0.717, 1.165) is 0 Å². The SMILES string of the molecule is CC(C)(O)CNC(=O)c1cccc(F)c1Br. The molecule has 88 valence electrons. The quantitative estimate of drug-likeness (QED) is 0.895. The minimum absolute atomic E-state index is 0.106. The Bertz CT molecular complexity index is 401. The summed E-state index contributed by atoms with van der Waals surface area (Å²) in [5, 5.41) is 12.0. The van der Waals surface area contributed by atoms with E-state index in [9.17, 15) is 14.3 Å². The van der Waals surface area contributed by atoms with Crippen molar-refractivity contribution in [1.82, 2.24) is 5.32 Å². The van der Waals surface area contributed by atoms with Crippen molar-refractivity contribution in [3.63, 3.8) is 0 Å². The number of amides is 1. The molecule has 16 heavy (non-hydrogen) atoms. The van der Waals surface area contributed by atoms with Crippen molar-refractivity contribution in [3.05, 3.63) is 34.1 Å². The van der Waals surface area contributed by atoms with Crippen LogP contribution in [0.3, 0.4) is 0 Å². The van der Waals surface area contributed by atoms with Crippen LogP contribution in [0, 0.1) is 5.82 Å². The van der Waals surface area contributed by atoms with Crippen molar-refractivity contribution in [3.8, 4) is 0 Å². The lowest BCUT2D eigenvalue weighted by Gasteiger charge is -2.17. The van der Waals surface area contributed by atoms with Gasteiger partial charge in [0, 0.05) is 6.54 Å². The molecule has 1 amide bonds. The molecule has 5 heteroatoms. The Labute approximate surface area is 102 Å². The predicted octanol–water partition coefficient (Wildman–Crippen LogP) is 2.09. The molecule has 0 fully saturated rings. The van der Waals surface area contributed by atoms with E-state index in [-0.39, 0.29) is 16.6 Å². The second-order valence-corrected chi connectivity index (χ2v) is 4.89. The number of benzene rings is 1. The molecule has 0 aliphatic rings. The number of carbonyl (C=O) groups is 1. The van der Waals surface area contributed by atoms with Crippen molar-refractivity contribution < 1.29 is 14.3 Å². The number of aliphatic hydroxyl groups is 1. The molecule has 0 spiro atoms. The fourth-order valence-corrected chi connectivity index (χ4v) is 1.52. The third-order valence-corrected chi connectivity index (χ3v) is 2.68. The molecule has 0 saturated heterocycles. The van der Waals surface area contributed by atoms with E-state index >= 15 is 0 Å². The fourth-order valence-electron chi connectivity index (χ4n) is 1.07. The van der Waals surface area contributed by atoms with Crippen LogP contribution < -0.4 is 5.32 Å². The van der Waals surface area contributed by atoms with Crippen molar-refractivity contribution in [2.45, 2.75) is 19.4 Å². The van der Waals surface area contributed by atoms with Crippen LogP contribution in [-0.4, -0.2) is 23.2 Å². The highest BCUT2D eigenvalue weighted by molar-refractivity contribution is 9.10. The van der Waals surface area contributed by atoms with Gasteiger partial charge >= 0.3 is 0 Å². The van der Waals surface area contributed by atoms with Crippen LogP contribution in [0.4, 0.5) is 4.39 Å². The average Bonchev–Trinajstić information content (AvgIpc) is 2.17. The van der Waals surface area contributed by atoms with Gasteiger partial charge in [0.2, 0.25) is 0 Å². The Kier molecular flexibility index (Phi) is 4.04. The number of hydrogen-bond donors (Lipinski definition) is 2. The monoisotopic (exact) mass is 289 g/mol. The van der Waals surface area contributed by atoms with E-state index in [1.807, 2.05) is 0 Å². The molecule has 0 unspecified atom stereocenters. The molecule has 0 aliphatic heterocycles. The Morgan fingerprint density at radius 1 is 1.56 bits per heavy atom. The molecule has 3 nitrogen and oxygen atoms in total. The van der Waals surface area contributed by atoms with Gasteiger partial charge in [-0.3, -0.25) is 4.79 Å². The van der Waals surface area contributed by atoms with Gasteiger partial charge in [-0.2, -0.15) is 0 Å². The molecule has 0 atom stereocenters. The number of rotatable bonds is 3. The maximum Gasteiger partial charge on any atom is 0.252 e. The largest absolute Gasteiger partial charge is 0.389 e. The summed E-state index contributed by atoms with van der Waals surface area (Å²) in [7, 11) is 0. The maximum absolute atomic E-state index is 13.1. The second-order valence-electron chi connectivity index (χ2n) is 4.10. The van der Waals surface area contributed by atoms with Crippen molar-refractivity contribution in [2.24, 2.45) is 0 Å². The Morgan fingerprint density at radius 3 is 2.75 bits per heavy atom. The van der Waals surface area contributed by atoms with Crippen LogP contribution in [0.15, 0.2) is 22.7 Å². The first-order valence-corrected chi connectivity index (χ1v) is 5.55. The molecule has 2 N–H and O–H groups in total. The van der Waals surface area contributed by atoms with Gasteiger partial charge in [-0.1, -0.05) is 6.07 Å². The van der Waals surface area contributed by atoms with Crippen LogP contribution in [0.25, 0.3) is 0 Å². The second kappa shape index (κ2) is 4.93. The molecular weight excluding hydrogens is 277 g/mol. The Morgan fingerprint density at radius 2 is 2.19 bits per heavy atom. The van der Waals surface area contributed by atoms with Crippen molar-refractivity contribution in [2.75, 3.05) is 6.54 Å². The van der Waals surface area contributed by atoms with Crippen LogP contribution in [0.5, 0.6) is 0 Å². The van der Waals surface area contributed by atoms with E-state index < -0.39 is 17.3 Å². The summed E-state index contributed by atoms with van der Waals surface area (Å²) in [5.74, 6) is -0.913. The lowest BCUT2D eigenvalue weighted by Crippen LogP contribution is -2.38. The lowest BCUT2D eigenvalue weighted by molar-refractivity contribution is 0.0694. The first kappa shape index (κ1) is 13.1. The molecular formula is C11H13BrFNO2. The zero-order chi connectivity index (χ0) is 12.3. The number of carbonyl (C=O) groups excluding carboxylic acids is 1. The van der Waals surface area contributed by atoms with Gasteiger partial charge in [-0.25, -0.2) is 4.39 Å². The molecule has 0 aliphatic carbocycles. The fraction of sp³-hybridized carbons (Fsp3) is 0.364. The molecule has 1 aromatic rings. The zero-order valence-electron chi connectivity index (χ0n) is 9.05. The molecule has 1 rings (SSSR count). The highest BCUT2D eigenvalue weighted by Crippen LogP contribution is 2.20. The summed E-state index contributed by atoms with van der Waals surface area (Å²) in [6.07, 6.45) is 0. The van der Waals surface area contributed by atoms with Gasteiger partial charge in [0.1, 0.15) is 5.82 Å². The van der Waals surface area contributed by atoms with Crippen molar-refractivity contribution >= 4 is 21.8 Å².